The molecular weight excluding hydrogens is 310 g/mol. The van der Waals surface area contributed by atoms with Gasteiger partial charge in [-0.15, -0.1) is 11.3 Å². The Balaban J connectivity index is 2.16. The van der Waals surface area contributed by atoms with Crippen LogP contribution in [-0.2, 0) is 16.6 Å². The number of thiazole rings is 1. The number of sulfonamides is 1. The van der Waals surface area contributed by atoms with Crippen molar-refractivity contribution in [2.24, 2.45) is 0 Å². The van der Waals surface area contributed by atoms with E-state index in [0.717, 1.165) is 16.4 Å². The Hall–Kier alpha value is -1.29. The molecule has 0 bridgehead atoms. The van der Waals surface area contributed by atoms with E-state index in [9.17, 15) is 8.42 Å². The summed E-state index contributed by atoms with van der Waals surface area (Å²) in [6.07, 6.45) is 3.26. The second-order valence-electron chi connectivity index (χ2n) is 4.66. The maximum Gasteiger partial charge on any atom is 0.258 e. The van der Waals surface area contributed by atoms with Crippen molar-refractivity contribution < 1.29 is 8.42 Å². The fraction of sp³-hybridized carbons (Fsp3) is 0.500. The molecule has 3 N–H and O–H groups in total. The Morgan fingerprint density at radius 3 is 2.81 bits per heavy atom. The molecule has 0 saturated carbocycles. The first-order chi connectivity index (χ1) is 9.94. The minimum absolute atomic E-state index is 0.101. The lowest BCUT2D eigenvalue weighted by Gasteiger charge is -2.12. The highest BCUT2D eigenvalue weighted by Gasteiger charge is 2.24. The molecule has 116 valence electrons. The van der Waals surface area contributed by atoms with Crippen molar-refractivity contribution >= 4 is 21.4 Å². The fourth-order valence-corrected chi connectivity index (χ4v) is 4.02. The van der Waals surface area contributed by atoms with Gasteiger partial charge in [0.25, 0.3) is 10.0 Å². The third-order valence-electron chi connectivity index (χ3n) is 2.85. The van der Waals surface area contributed by atoms with Crippen LogP contribution in [-0.4, -0.2) is 30.1 Å². The van der Waals surface area contributed by atoms with E-state index in [4.69, 9.17) is 0 Å². The average Bonchev–Trinajstić information content (AvgIpc) is 3.04. The number of aromatic amines is 1. The number of hydrogen-bond donors (Lipinski definition) is 3. The molecule has 1 unspecified atom stereocenters. The van der Waals surface area contributed by atoms with Crippen LogP contribution in [0.2, 0.25) is 0 Å². The van der Waals surface area contributed by atoms with E-state index in [0.29, 0.717) is 12.1 Å². The summed E-state index contributed by atoms with van der Waals surface area (Å²) in [5.41, 5.74) is 0.617. The predicted octanol–water partition coefficient (Wildman–Crippen LogP) is 1.32. The normalized spacial score (nSPS) is 13.5. The highest BCUT2D eigenvalue weighted by atomic mass is 32.2. The van der Waals surface area contributed by atoms with E-state index >= 15 is 0 Å². The monoisotopic (exact) mass is 329 g/mol. The summed E-state index contributed by atoms with van der Waals surface area (Å²) in [6.45, 7) is 6.88. The summed E-state index contributed by atoms with van der Waals surface area (Å²) < 4.78 is 27.5. The molecule has 0 radical (unpaired) electrons. The van der Waals surface area contributed by atoms with Crippen LogP contribution in [0.25, 0.3) is 0 Å². The van der Waals surface area contributed by atoms with Gasteiger partial charge in [0.1, 0.15) is 5.01 Å². The molecule has 1 atom stereocenters. The van der Waals surface area contributed by atoms with Gasteiger partial charge in [-0.3, -0.25) is 5.10 Å². The maximum absolute atomic E-state index is 12.4. The molecule has 0 fully saturated rings. The molecule has 0 amide bonds. The van der Waals surface area contributed by atoms with Crippen molar-refractivity contribution in [2.45, 2.75) is 38.4 Å². The predicted molar refractivity (Wildman–Crippen MR) is 81.6 cm³/mol. The van der Waals surface area contributed by atoms with Crippen LogP contribution in [0, 0.1) is 6.92 Å². The topological polar surface area (TPSA) is 99.8 Å². The molecule has 9 heteroatoms. The number of hydrogen-bond acceptors (Lipinski definition) is 6. The quantitative estimate of drug-likeness (QED) is 0.711. The molecule has 0 aliphatic heterocycles. The van der Waals surface area contributed by atoms with Crippen molar-refractivity contribution in [3.05, 3.63) is 27.8 Å². The molecule has 0 aromatic carbocycles. The summed E-state index contributed by atoms with van der Waals surface area (Å²) in [5, 5.41) is 10.3. The lowest BCUT2D eigenvalue weighted by Crippen LogP contribution is -2.28. The zero-order valence-corrected chi connectivity index (χ0v) is 13.8. The number of H-pyrrole nitrogens is 1. The van der Waals surface area contributed by atoms with Gasteiger partial charge in [-0.05, 0) is 20.4 Å². The highest BCUT2D eigenvalue weighted by molar-refractivity contribution is 7.89. The van der Waals surface area contributed by atoms with Crippen molar-refractivity contribution in [1.82, 2.24) is 25.2 Å². The number of aryl methyl sites for hydroxylation is 1. The lowest BCUT2D eigenvalue weighted by molar-refractivity contribution is 0.559. The van der Waals surface area contributed by atoms with Crippen LogP contribution < -0.4 is 10.0 Å². The van der Waals surface area contributed by atoms with Crippen LogP contribution in [0.3, 0.4) is 0 Å². The Bertz CT molecular complexity index is 692. The van der Waals surface area contributed by atoms with Gasteiger partial charge >= 0.3 is 0 Å². The fourth-order valence-electron chi connectivity index (χ4n) is 1.83. The number of nitrogens with zero attached hydrogens (tertiary/aromatic N) is 2. The Labute approximate surface area is 128 Å². The molecule has 2 heterocycles. The standard InChI is InChI=1S/C12H19N5O2S2/c1-4-13-6-10-7-15-16-12(10)21(18,19)17-9(3)11-14-5-8(2)20-11/h5,7,9,13,17H,4,6H2,1-3H3,(H,15,16). The van der Waals surface area contributed by atoms with Crippen LogP contribution in [0.5, 0.6) is 0 Å². The average molecular weight is 329 g/mol. The highest BCUT2D eigenvalue weighted by Crippen LogP contribution is 2.21. The summed E-state index contributed by atoms with van der Waals surface area (Å²) >= 11 is 1.48. The van der Waals surface area contributed by atoms with Gasteiger partial charge in [0.2, 0.25) is 0 Å². The third kappa shape index (κ3) is 3.88. The first-order valence-electron chi connectivity index (χ1n) is 6.61. The van der Waals surface area contributed by atoms with E-state index in [1.807, 2.05) is 13.8 Å². The molecule has 7 nitrogen and oxygen atoms in total. The van der Waals surface area contributed by atoms with E-state index in [1.54, 1.807) is 13.1 Å². The Morgan fingerprint density at radius 2 is 2.19 bits per heavy atom. The number of rotatable bonds is 7. The molecular formula is C12H19N5O2S2. The van der Waals surface area contributed by atoms with Gasteiger partial charge in [0, 0.05) is 23.2 Å². The third-order valence-corrected chi connectivity index (χ3v) is 5.50. The van der Waals surface area contributed by atoms with Crippen molar-refractivity contribution in [3.63, 3.8) is 0 Å². The molecule has 2 aromatic heterocycles. The molecule has 2 rings (SSSR count). The van der Waals surface area contributed by atoms with Gasteiger partial charge in [-0.2, -0.15) is 5.10 Å². The first kappa shape index (κ1) is 16.1. The van der Waals surface area contributed by atoms with Gasteiger partial charge in [-0.1, -0.05) is 6.92 Å². The molecule has 0 aliphatic carbocycles. The van der Waals surface area contributed by atoms with Crippen molar-refractivity contribution in [2.75, 3.05) is 6.54 Å². The zero-order valence-electron chi connectivity index (χ0n) is 12.2. The zero-order chi connectivity index (χ0) is 15.5. The molecule has 21 heavy (non-hydrogen) atoms. The molecule has 2 aromatic rings. The summed E-state index contributed by atoms with van der Waals surface area (Å²) in [4.78, 5) is 5.25. The van der Waals surface area contributed by atoms with Gasteiger partial charge in [0.05, 0.1) is 12.2 Å². The second-order valence-corrected chi connectivity index (χ2v) is 7.57. The van der Waals surface area contributed by atoms with Crippen molar-refractivity contribution in [3.8, 4) is 0 Å². The smallest absolute Gasteiger partial charge is 0.258 e. The van der Waals surface area contributed by atoms with Crippen LogP contribution in [0.15, 0.2) is 17.4 Å². The lowest BCUT2D eigenvalue weighted by atomic mass is 10.3. The largest absolute Gasteiger partial charge is 0.313 e. The van der Waals surface area contributed by atoms with Gasteiger partial charge in [0.15, 0.2) is 5.03 Å². The van der Waals surface area contributed by atoms with Crippen LogP contribution >= 0.6 is 11.3 Å². The van der Waals surface area contributed by atoms with Gasteiger partial charge < -0.3 is 5.32 Å². The minimum Gasteiger partial charge on any atom is -0.313 e. The van der Waals surface area contributed by atoms with Crippen molar-refractivity contribution in [1.29, 1.82) is 0 Å². The summed E-state index contributed by atoms with van der Waals surface area (Å²) in [6, 6.07) is -0.385. The maximum atomic E-state index is 12.4. The minimum atomic E-state index is -3.66. The molecule has 0 aliphatic rings. The van der Waals surface area contributed by atoms with Crippen LogP contribution in [0.4, 0.5) is 0 Å². The van der Waals surface area contributed by atoms with E-state index in [2.05, 4.69) is 25.2 Å². The first-order valence-corrected chi connectivity index (χ1v) is 8.91. The SMILES string of the molecule is CCNCc1cn[nH]c1S(=O)(=O)NC(C)c1ncc(C)s1. The van der Waals surface area contributed by atoms with E-state index in [1.165, 1.54) is 17.5 Å². The number of nitrogens with one attached hydrogen (secondary N) is 3. The van der Waals surface area contributed by atoms with E-state index in [-0.39, 0.29) is 11.1 Å². The molecule has 0 spiro atoms. The molecule has 0 saturated heterocycles. The second kappa shape index (κ2) is 6.65. The summed E-state index contributed by atoms with van der Waals surface area (Å²) in [5.74, 6) is 0. The Kier molecular flexibility index (Phi) is 5.09. The summed E-state index contributed by atoms with van der Waals surface area (Å²) in [7, 11) is -3.66. The van der Waals surface area contributed by atoms with Crippen LogP contribution in [0.1, 0.15) is 35.3 Å². The van der Waals surface area contributed by atoms with Gasteiger partial charge in [-0.25, -0.2) is 18.1 Å². The number of aromatic nitrogens is 3. The Morgan fingerprint density at radius 1 is 1.43 bits per heavy atom. The van der Waals surface area contributed by atoms with E-state index < -0.39 is 10.0 Å².